The van der Waals surface area contributed by atoms with Crippen LogP contribution in [0.1, 0.15) is 30.4 Å². The Labute approximate surface area is 150 Å². The van der Waals surface area contributed by atoms with Gasteiger partial charge in [0.15, 0.2) is 0 Å². The van der Waals surface area contributed by atoms with Gasteiger partial charge in [0, 0.05) is 24.3 Å². The highest BCUT2D eigenvalue weighted by Crippen LogP contribution is 2.26. The van der Waals surface area contributed by atoms with Gasteiger partial charge in [-0.15, -0.1) is 0 Å². The van der Waals surface area contributed by atoms with E-state index in [0.717, 1.165) is 12.5 Å². The SMILES string of the molecule is c1ccc(CN2CCCC(Cc3cccc4cnccc34)CC2)cc1. The van der Waals surface area contributed by atoms with Crippen molar-refractivity contribution in [3.8, 4) is 0 Å². The monoisotopic (exact) mass is 330 g/mol. The van der Waals surface area contributed by atoms with Crippen LogP contribution in [0.2, 0.25) is 0 Å². The number of pyridine rings is 1. The van der Waals surface area contributed by atoms with E-state index in [1.165, 1.54) is 60.7 Å². The van der Waals surface area contributed by atoms with Crippen molar-refractivity contribution in [2.45, 2.75) is 32.2 Å². The second-order valence-electron chi connectivity index (χ2n) is 7.28. The van der Waals surface area contributed by atoms with E-state index in [1.807, 2.05) is 12.4 Å². The molecule has 1 atom stereocenters. The van der Waals surface area contributed by atoms with Crippen molar-refractivity contribution in [1.82, 2.24) is 9.88 Å². The van der Waals surface area contributed by atoms with Gasteiger partial charge >= 0.3 is 0 Å². The molecule has 2 heterocycles. The molecule has 0 N–H and O–H groups in total. The first kappa shape index (κ1) is 16.3. The van der Waals surface area contributed by atoms with E-state index in [4.69, 9.17) is 0 Å². The zero-order chi connectivity index (χ0) is 16.9. The summed E-state index contributed by atoms with van der Waals surface area (Å²) in [4.78, 5) is 6.89. The summed E-state index contributed by atoms with van der Waals surface area (Å²) >= 11 is 0. The van der Waals surface area contributed by atoms with Gasteiger partial charge in [0.05, 0.1) is 0 Å². The Morgan fingerprint density at radius 2 is 1.84 bits per heavy atom. The quantitative estimate of drug-likeness (QED) is 0.663. The van der Waals surface area contributed by atoms with Crippen LogP contribution in [0.3, 0.4) is 0 Å². The number of benzene rings is 2. The molecule has 1 aromatic heterocycles. The van der Waals surface area contributed by atoms with Gasteiger partial charge in [0.2, 0.25) is 0 Å². The molecule has 0 radical (unpaired) electrons. The van der Waals surface area contributed by atoms with Gasteiger partial charge in [-0.25, -0.2) is 0 Å². The summed E-state index contributed by atoms with van der Waals surface area (Å²) < 4.78 is 0. The first-order valence-electron chi connectivity index (χ1n) is 9.46. The Hall–Kier alpha value is -2.19. The highest BCUT2D eigenvalue weighted by Gasteiger charge is 2.18. The molecule has 2 nitrogen and oxygen atoms in total. The third kappa shape index (κ3) is 4.08. The van der Waals surface area contributed by atoms with E-state index in [9.17, 15) is 0 Å². The van der Waals surface area contributed by atoms with Crippen molar-refractivity contribution in [3.63, 3.8) is 0 Å². The molecule has 0 aliphatic carbocycles. The minimum absolute atomic E-state index is 0.791. The van der Waals surface area contributed by atoms with E-state index >= 15 is 0 Å². The molecule has 3 aromatic rings. The van der Waals surface area contributed by atoms with E-state index in [0.29, 0.717) is 0 Å². The molecule has 25 heavy (non-hydrogen) atoms. The molecule has 0 saturated carbocycles. The zero-order valence-corrected chi connectivity index (χ0v) is 14.8. The van der Waals surface area contributed by atoms with Crippen LogP contribution < -0.4 is 0 Å². The van der Waals surface area contributed by atoms with Crippen LogP contribution in [0.25, 0.3) is 10.8 Å². The average molecular weight is 330 g/mol. The van der Waals surface area contributed by atoms with Gasteiger partial charge in [-0.2, -0.15) is 0 Å². The lowest BCUT2D eigenvalue weighted by Gasteiger charge is -2.20. The second-order valence-corrected chi connectivity index (χ2v) is 7.28. The van der Waals surface area contributed by atoms with Crippen molar-refractivity contribution in [2.75, 3.05) is 13.1 Å². The van der Waals surface area contributed by atoms with Crippen LogP contribution in [-0.4, -0.2) is 23.0 Å². The highest BCUT2D eigenvalue weighted by molar-refractivity contribution is 5.84. The summed E-state index contributed by atoms with van der Waals surface area (Å²) in [6.07, 6.45) is 9.04. The third-order valence-electron chi connectivity index (χ3n) is 5.47. The third-order valence-corrected chi connectivity index (χ3v) is 5.47. The highest BCUT2D eigenvalue weighted by atomic mass is 15.1. The van der Waals surface area contributed by atoms with Gasteiger partial charge < -0.3 is 0 Å². The average Bonchev–Trinajstić information content (AvgIpc) is 2.88. The maximum atomic E-state index is 4.26. The molecule has 2 aromatic carbocycles. The van der Waals surface area contributed by atoms with E-state index < -0.39 is 0 Å². The lowest BCUT2D eigenvalue weighted by atomic mass is 9.90. The maximum Gasteiger partial charge on any atom is 0.0346 e. The Bertz CT molecular complexity index is 807. The second kappa shape index (κ2) is 7.79. The molecule has 0 amide bonds. The van der Waals surface area contributed by atoms with E-state index in [-0.39, 0.29) is 0 Å². The molecular weight excluding hydrogens is 304 g/mol. The summed E-state index contributed by atoms with van der Waals surface area (Å²) in [5.74, 6) is 0.791. The van der Waals surface area contributed by atoms with Crippen LogP contribution in [0.15, 0.2) is 67.0 Å². The molecule has 2 heteroatoms. The fraction of sp³-hybridized carbons (Fsp3) is 0.348. The molecule has 1 aliphatic heterocycles. The molecule has 128 valence electrons. The van der Waals surface area contributed by atoms with Gasteiger partial charge in [-0.1, -0.05) is 48.5 Å². The topological polar surface area (TPSA) is 16.1 Å². The largest absolute Gasteiger partial charge is 0.299 e. The van der Waals surface area contributed by atoms with Crippen LogP contribution in [0, 0.1) is 5.92 Å². The van der Waals surface area contributed by atoms with Crippen molar-refractivity contribution in [2.24, 2.45) is 5.92 Å². The maximum absolute atomic E-state index is 4.26. The van der Waals surface area contributed by atoms with Crippen LogP contribution >= 0.6 is 0 Å². The summed E-state index contributed by atoms with van der Waals surface area (Å²) in [6, 6.07) is 19.7. The summed E-state index contributed by atoms with van der Waals surface area (Å²) in [5, 5.41) is 2.64. The Morgan fingerprint density at radius 3 is 2.76 bits per heavy atom. The van der Waals surface area contributed by atoms with Crippen molar-refractivity contribution in [1.29, 1.82) is 0 Å². The fourth-order valence-corrected chi connectivity index (χ4v) is 4.11. The smallest absolute Gasteiger partial charge is 0.0346 e. The van der Waals surface area contributed by atoms with Crippen molar-refractivity contribution < 1.29 is 0 Å². The van der Waals surface area contributed by atoms with Gasteiger partial charge in [0.1, 0.15) is 0 Å². The number of likely N-dealkylation sites (tertiary alicyclic amines) is 1. The van der Waals surface area contributed by atoms with Crippen LogP contribution in [-0.2, 0) is 13.0 Å². The normalized spacial score (nSPS) is 19.0. The fourth-order valence-electron chi connectivity index (χ4n) is 4.11. The number of hydrogen-bond donors (Lipinski definition) is 0. The minimum Gasteiger partial charge on any atom is -0.299 e. The standard InChI is InChI=1S/C23H26N2/c1-2-6-20(7-3-1)18-25-14-5-8-19(12-15-25)16-21-9-4-10-22-17-24-13-11-23(21)22/h1-4,6-7,9-11,13,17,19H,5,8,12,14-16,18H2. The lowest BCUT2D eigenvalue weighted by molar-refractivity contribution is 0.272. The molecule has 0 bridgehead atoms. The number of aromatic nitrogens is 1. The van der Waals surface area contributed by atoms with E-state index in [1.54, 1.807) is 0 Å². The summed E-state index contributed by atoms with van der Waals surface area (Å²) in [5.41, 5.74) is 2.92. The summed E-state index contributed by atoms with van der Waals surface area (Å²) in [6.45, 7) is 3.53. The molecule has 1 unspecified atom stereocenters. The van der Waals surface area contributed by atoms with Crippen molar-refractivity contribution in [3.05, 3.63) is 78.1 Å². The molecule has 1 fully saturated rings. The summed E-state index contributed by atoms with van der Waals surface area (Å²) in [7, 11) is 0. The predicted octanol–water partition coefficient (Wildman–Crippen LogP) is 5.08. The Kier molecular flexibility index (Phi) is 5.08. The van der Waals surface area contributed by atoms with E-state index in [2.05, 4.69) is 64.5 Å². The predicted molar refractivity (Wildman–Crippen MR) is 105 cm³/mol. The van der Waals surface area contributed by atoms with Crippen LogP contribution in [0.4, 0.5) is 0 Å². The Morgan fingerprint density at radius 1 is 0.920 bits per heavy atom. The molecule has 0 spiro atoms. The number of fused-ring (bicyclic) bond motifs is 1. The molecule has 1 saturated heterocycles. The number of nitrogens with zero attached hydrogens (tertiary/aromatic N) is 2. The number of hydrogen-bond acceptors (Lipinski definition) is 2. The first-order chi connectivity index (χ1) is 12.4. The minimum atomic E-state index is 0.791. The molecule has 1 aliphatic rings. The van der Waals surface area contributed by atoms with Gasteiger partial charge in [-0.3, -0.25) is 9.88 Å². The van der Waals surface area contributed by atoms with Crippen molar-refractivity contribution >= 4 is 10.8 Å². The molecular formula is C23H26N2. The Balaban J connectivity index is 1.41. The lowest BCUT2D eigenvalue weighted by Crippen LogP contribution is -2.24. The zero-order valence-electron chi connectivity index (χ0n) is 14.8. The first-order valence-corrected chi connectivity index (χ1v) is 9.46. The molecule has 4 rings (SSSR count). The van der Waals surface area contributed by atoms with Crippen LogP contribution in [0.5, 0.6) is 0 Å². The number of rotatable bonds is 4. The van der Waals surface area contributed by atoms with Gasteiger partial charge in [0.25, 0.3) is 0 Å². The van der Waals surface area contributed by atoms with Gasteiger partial charge in [-0.05, 0) is 67.3 Å².